The molecule has 2 fully saturated rings. The van der Waals surface area contributed by atoms with Crippen molar-refractivity contribution in [3.63, 3.8) is 0 Å². The van der Waals surface area contributed by atoms with E-state index in [0.29, 0.717) is 24.6 Å². The summed E-state index contributed by atoms with van der Waals surface area (Å²) in [6.07, 6.45) is 5.00. The zero-order chi connectivity index (χ0) is 20.2. The lowest BCUT2D eigenvalue weighted by Crippen LogP contribution is -2.45. The van der Waals surface area contributed by atoms with Crippen molar-refractivity contribution in [2.75, 3.05) is 63.9 Å². The van der Waals surface area contributed by atoms with Crippen LogP contribution in [0.25, 0.3) is 0 Å². The number of rotatable bonds is 13. The van der Waals surface area contributed by atoms with E-state index in [1.165, 1.54) is 47.3 Å². The van der Waals surface area contributed by atoms with Gasteiger partial charge in [0.2, 0.25) is 11.8 Å². The van der Waals surface area contributed by atoms with E-state index >= 15 is 0 Å². The van der Waals surface area contributed by atoms with Gasteiger partial charge in [0.25, 0.3) is 0 Å². The van der Waals surface area contributed by atoms with Crippen LogP contribution in [0.5, 0.6) is 0 Å². The van der Waals surface area contributed by atoms with Crippen LogP contribution in [-0.2, 0) is 9.59 Å². The van der Waals surface area contributed by atoms with E-state index in [1.807, 2.05) is 0 Å². The highest BCUT2D eigenvalue weighted by molar-refractivity contribution is 8.76. The van der Waals surface area contributed by atoms with Crippen LogP contribution in [0.2, 0.25) is 0 Å². The molecule has 10 heteroatoms. The average molecular weight is 433 g/mol. The minimum absolute atomic E-state index is 0.115. The Morgan fingerprint density at radius 1 is 0.750 bits per heavy atom. The predicted octanol–water partition coefficient (Wildman–Crippen LogP) is -0.554. The fourth-order valence-corrected chi connectivity index (χ4v) is 5.59. The van der Waals surface area contributed by atoms with Crippen LogP contribution in [0, 0.1) is 0 Å². The van der Waals surface area contributed by atoms with Crippen molar-refractivity contribution >= 4 is 33.4 Å². The highest BCUT2D eigenvalue weighted by atomic mass is 33.1. The van der Waals surface area contributed by atoms with Gasteiger partial charge in [-0.15, -0.1) is 0 Å². The largest absolute Gasteiger partial charge is 0.353 e. The average Bonchev–Trinajstić information content (AvgIpc) is 3.38. The van der Waals surface area contributed by atoms with Crippen LogP contribution in [0.1, 0.15) is 25.7 Å². The van der Waals surface area contributed by atoms with Gasteiger partial charge < -0.3 is 31.9 Å². The lowest BCUT2D eigenvalue weighted by Gasteiger charge is -2.17. The Kier molecular flexibility index (Phi) is 11.6. The summed E-state index contributed by atoms with van der Waals surface area (Å²) in [5, 5.41) is 5.80. The number of nitrogens with zero attached hydrogens (tertiary/aromatic N) is 2. The topological polar surface area (TPSA) is 117 Å². The molecule has 0 unspecified atom stereocenters. The first-order valence-electron chi connectivity index (χ1n) is 10.3. The molecule has 2 heterocycles. The molecule has 2 aliphatic rings. The van der Waals surface area contributed by atoms with Crippen molar-refractivity contribution in [1.82, 2.24) is 20.4 Å². The maximum absolute atomic E-state index is 12.0. The molecule has 2 atom stereocenters. The van der Waals surface area contributed by atoms with Crippen LogP contribution in [0.3, 0.4) is 0 Å². The van der Waals surface area contributed by atoms with Crippen LogP contribution >= 0.6 is 21.6 Å². The standard InChI is InChI=1S/C18H36N6O2S2/c19-15(17(25)21-5-11-23-7-1-2-8-23)13-27-28-14-16(20)18(26)22-6-12-24-9-3-4-10-24/h15-16H,1-14,19-20H2,(H,21,25)(H,22,26)/t15-,16-/m0/s1. The molecule has 28 heavy (non-hydrogen) atoms. The number of nitrogens with two attached hydrogens (primary N) is 2. The first kappa shape index (κ1) is 23.8. The van der Waals surface area contributed by atoms with Gasteiger partial charge in [-0.1, -0.05) is 21.6 Å². The zero-order valence-electron chi connectivity index (χ0n) is 16.7. The fraction of sp³-hybridized carbons (Fsp3) is 0.889. The number of carbonyl (C=O) groups is 2. The third-order valence-corrected chi connectivity index (χ3v) is 7.58. The normalized spacial score (nSPS) is 20.2. The van der Waals surface area contributed by atoms with Gasteiger partial charge >= 0.3 is 0 Å². The number of amides is 2. The molecule has 2 rings (SSSR count). The van der Waals surface area contributed by atoms with Crippen molar-refractivity contribution in [3.05, 3.63) is 0 Å². The summed E-state index contributed by atoms with van der Waals surface area (Å²) < 4.78 is 0. The smallest absolute Gasteiger partial charge is 0.237 e. The molecule has 0 spiro atoms. The van der Waals surface area contributed by atoms with E-state index in [-0.39, 0.29) is 11.8 Å². The van der Waals surface area contributed by atoms with Crippen molar-refractivity contribution < 1.29 is 9.59 Å². The summed E-state index contributed by atoms with van der Waals surface area (Å²) in [7, 11) is 2.98. The van der Waals surface area contributed by atoms with Gasteiger partial charge in [-0.05, 0) is 51.9 Å². The molecule has 2 amide bonds. The summed E-state index contributed by atoms with van der Waals surface area (Å²) in [6.45, 7) is 7.58. The van der Waals surface area contributed by atoms with Gasteiger partial charge in [-0.2, -0.15) is 0 Å². The van der Waals surface area contributed by atoms with Gasteiger partial charge in [-0.3, -0.25) is 9.59 Å². The first-order valence-corrected chi connectivity index (χ1v) is 12.8. The molecule has 0 aromatic rings. The van der Waals surface area contributed by atoms with E-state index in [9.17, 15) is 9.59 Å². The second-order valence-electron chi connectivity index (χ2n) is 7.46. The van der Waals surface area contributed by atoms with E-state index < -0.39 is 12.1 Å². The monoisotopic (exact) mass is 432 g/mol. The second kappa shape index (κ2) is 13.7. The second-order valence-corrected chi connectivity index (χ2v) is 10.0. The van der Waals surface area contributed by atoms with Gasteiger partial charge in [0.05, 0.1) is 12.1 Å². The molecule has 6 N–H and O–H groups in total. The van der Waals surface area contributed by atoms with Gasteiger partial charge in [0.15, 0.2) is 0 Å². The Bertz CT molecular complexity index is 431. The van der Waals surface area contributed by atoms with Crippen LogP contribution < -0.4 is 22.1 Å². The van der Waals surface area contributed by atoms with Crippen LogP contribution in [0.4, 0.5) is 0 Å². The highest BCUT2D eigenvalue weighted by Crippen LogP contribution is 2.22. The van der Waals surface area contributed by atoms with Crippen molar-refractivity contribution in [1.29, 1.82) is 0 Å². The number of hydrogen-bond acceptors (Lipinski definition) is 8. The molecule has 2 aliphatic heterocycles. The molecular formula is C18H36N6O2S2. The minimum atomic E-state index is -0.540. The molecule has 8 nitrogen and oxygen atoms in total. The Morgan fingerprint density at radius 3 is 1.46 bits per heavy atom. The van der Waals surface area contributed by atoms with E-state index in [1.54, 1.807) is 0 Å². The molecule has 0 radical (unpaired) electrons. The molecule has 162 valence electrons. The van der Waals surface area contributed by atoms with Crippen molar-refractivity contribution in [2.45, 2.75) is 37.8 Å². The Labute approximate surface area is 176 Å². The maximum Gasteiger partial charge on any atom is 0.237 e. The summed E-state index contributed by atoms with van der Waals surface area (Å²) in [4.78, 5) is 28.7. The predicted molar refractivity (Wildman–Crippen MR) is 118 cm³/mol. The third-order valence-electron chi connectivity index (χ3n) is 5.10. The number of carbonyl (C=O) groups excluding carboxylic acids is 2. The number of hydrogen-bond donors (Lipinski definition) is 4. The summed E-state index contributed by atoms with van der Waals surface area (Å²) in [5.74, 6) is 0.778. The maximum atomic E-state index is 12.0. The quantitative estimate of drug-likeness (QED) is 0.226. The number of likely N-dealkylation sites (tertiary alicyclic amines) is 2. The Morgan fingerprint density at radius 2 is 1.11 bits per heavy atom. The summed E-state index contributed by atoms with van der Waals surface area (Å²) in [5.41, 5.74) is 11.9. The lowest BCUT2D eigenvalue weighted by molar-refractivity contribution is -0.122. The summed E-state index contributed by atoms with van der Waals surface area (Å²) in [6, 6.07) is -1.08. The number of nitrogens with one attached hydrogen (secondary N) is 2. The van der Waals surface area contributed by atoms with E-state index in [4.69, 9.17) is 11.5 Å². The van der Waals surface area contributed by atoms with Crippen LogP contribution in [-0.4, -0.2) is 97.6 Å². The Hall–Kier alpha value is -0.520. The van der Waals surface area contributed by atoms with Crippen molar-refractivity contribution in [3.8, 4) is 0 Å². The zero-order valence-corrected chi connectivity index (χ0v) is 18.4. The molecule has 0 aromatic heterocycles. The van der Waals surface area contributed by atoms with Gasteiger partial charge in [0.1, 0.15) is 0 Å². The molecule has 0 bridgehead atoms. The lowest BCUT2D eigenvalue weighted by atomic mass is 10.3. The van der Waals surface area contributed by atoms with Gasteiger partial charge in [-0.25, -0.2) is 0 Å². The van der Waals surface area contributed by atoms with Gasteiger partial charge in [0, 0.05) is 37.7 Å². The minimum Gasteiger partial charge on any atom is -0.353 e. The summed E-state index contributed by atoms with van der Waals surface area (Å²) >= 11 is 0. The molecule has 2 saturated heterocycles. The third kappa shape index (κ3) is 9.32. The molecule has 0 aromatic carbocycles. The van der Waals surface area contributed by atoms with Crippen LogP contribution in [0.15, 0.2) is 0 Å². The van der Waals surface area contributed by atoms with Crippen molar-refractivity contribution in [2.24, 2.45) is 11.5 Å². The molecule has 0 aliphatic carbocycles. The molecular weight excluding hydrogens is 396 g/mol. The van der Waals surface area contributed by atoms with E-state index in [2.05, 4.69) is 20.4 Å². The SMILES string of the molecule is N[C@@H](CSSC[C@H](N)C(=O)NCCN1CCCC1)C(=O)NCCN1CCCC1. The first-order chi connectivity index (χ1) is 13.6. The highest BCUT2D eigenvalue weighted by Gasteiger charge is 2.17. The fourth-order valence-electron chi connectivity index (χ4n) is 3.34. The van der Waals surface area contributed by atoms with E-state index in [0.717, 1.165) is 39.3 Å². The Balaban J connectivity index is 1.45. The molecule has 0 saturated carbocycles.